The average Bonchev–Trinajstić information content (AvgIpc) is 2.65. The van der Waals surface area contributed by atoms with Gasteiger partial charge in [-0.25, -0.2) is 0 Å². The van der Waals surface area contributed by atoms with Crippen molar-refractivity contribution in [3.8, 4) is 5.75 Å². The molecule has 0 radical (unpaired) electrons. The number of rotatable bonds is 2. The van der Waals surface area contributed by atoms with Crippen LogP contribution < -0.4 is 10.5 Å². The molecule has 2 N–H and O–H groups in total. The fraction of sp³-hybridized carbons (Fsp3) is 0.571. The molecule has 1 fully saturated rings. The lowest BCUT2D eigenvalue weighted by atomic mass is 10.1. The summed E-state index contributed by atoms with van der Waals surface area (Å²) < 4.78 is 6.11. The second-order valence-electron chi connectivity index (χ2n) is 4.97. The van der Waals surface area contributed by atoms with Crippen LogP contribution in [0.4, 0.5) is 0 Å². The van der Waals surface area contributed by atoms with E-state index in [4.69, 9.17) is 10.5 Å². The highest BCUT2D eigenvalue weighted by Gasteiger charge is 2.24. The highest BCUT2D eigenvalue weighted by Crippen LogP contribution is 2.30. The van der Waals surface area contributed by atoms with Gasteiger partial charge in [0, 0.05) is 6.04 Å². The summed E-state index contributed by atoms with van der Waals surface area (Å²) in [6, 6.07) is 4.61. The topological polar surface area (TPSA) is 35.2 Å². The first kappa shape index (κ1) is 11.5. The quantitative estimate of drug-likeness (QED) is 0.830. The second kappa shape index (κ2) is 4.46. The Hall–Kier alpha value is -1.02. The lowest BCUT2D eigenvalue weighted by Gasteiger charge is -2.18. The van der Waals surface area contributed by atoms with Gasteiger partial charge in [-0.2, -0.15) is 0 Å². The van der Waals surface area contributed by atoms with Gasteiger partial charge in [-0.05, 0) is 56.7 Å². The van der Waals surface area contributed by atoms with Crippen LogP contribution in [0.2, 0.25) is 0 Å². The van der Waals surface area contributed by atoms with E-state index in [1.165, 1.54) is 16.7 Å². The predicted octanol–water partition coefficient (Wildman–Crippen LogP) is 2.87. The summed E-state index contributed by atoms with van der Waals surface area (Å²) in [5.41, 5.74) is 9.69. The number of ether oxygens (including phenoxy) is 1. The largest absolute Gasteiger partial charge is 0.490 e. The number of nitrogens with two attached hydrogens (primary N) is 1. The third-order valence-corrected chi connectivity index (χ3v) is 3.58. The monoisotopic (exact) mass is 219 g/mol. The van der Waals surface area contributed by atoms with Crippen LogP contribution in [0, 0.1) is 20.8 Å². The molecule has 0 heterocycles. The Morgan fingerprint density at radius 1 is 1.12 bits per heavy atom. The van der Waals surface area contributed by atoms with Gasteiger partial charge in [-0.3, -0.25) is 0 Å². The van der Waals surface area contributed by atoms with E-state index in [2.05, 4.69) is 32.9 Å². The maximum Gasteiger partial charge on any atom is 0.125 e. The number of hydrogen-bond acceptors (Lipinski definition) is 2. The van der Waals surface area contributed by atoms with Gasteiger partial charge < -0.3 is 10.5 Å². The summed E-state index contributed by atoms with van der Waals surface area (Å²) in [5, 5.41) is 0. The molecular formula is C14H21NO. The summed E-state index contributed by atoms with van der Waals surface area (Å²) in [7, 11) is 0. The Morgan fingerprint density at radius 2 is 1.81 bits per heavy atom. The van der Waals surface area contributed by atoms with Gasteiger partial charge in [0.25, 0.3) is 0 Å². The van der Waals surface area contributed by atoms with E-state index >= 15 is 0 Å². The van der Waals surface area contributed by atoms with Crippen LogP contribution in [0.25, 0.3) is 0 Å². The first-order valence-corrected chi connectivity index (χ1v) is 6.07. The van der Waals surface area contributed by atoms with Crippen molar-refractivity contribution in [3.63, 3.8) is 0 Å². The second-order valence-corrected chi connectivity index (χ2v) is 4.97. The van der Waals surface area contributed by atoms with Crippen LogP contribution in [0.15, 0.2) is 12.1 Å². The normalized spacial score (nSPS) is 24.8. The Balaban J connectivity index is 2.18. The third-order valence-electron chi connectivity index (χ3n) is 3.58. The Kier molecular flexibility index (Phi) is 3.20. The minimum atomic E-state index is 0.314. The fourth-order valence-corrected chi connectivity index (χ4v) is 2.35. The molecule has 1 aromatic carbocycles. The van der Waals surface area contributed by atoms with Gasteiger partial charge in [0.15, 0.2) is 0 Å². The van der Waals surface area contributed by atoms with Crippen molar-refractivity contribution < 1.29 is 4.74 Å². The first-order valence-electron chi connectivity index (χ1n) is 6.07. The summed E-state index contributed by atoms with van der Waals surface area (Å²) in [5.74, 6) is 1.07. The molecule has 2 nitrogen and oxygen atoms in total. The van der Waals surface area contributed by atoms with Crippen LogP contribution >= 0.6 is 0 Å². The lowest BCUT2D eigenvalue weighted by Crippen LogP contribution is -2.19. The van der Waals surface area contributed by atoms with E-state index in [1.807, 2.05) is 0 Å². The van der Waals surface area contributed by atoms with E-state index < -0.39 is 0 Å². The molecule has 2 atom stereocenters. The van der Waals surface area contributed by atoms with E-state index in [9.17, 15) is 0 Å². The molecule has 0 aromatic heterocycles. The van der Waals surface area contributed by atoms with Crippen molar-refractivity contribution >= 4 is 0 Å². The molecule has 1 saturated carbocycles. The summed E-state index contributed by atoms with van der Waals surface area (Å²) in [6.45, 7) is 6.37. The highest BCUT2D eigenvalue weighted by molar-refractivity contribution is 5.44. The first-order chi connectivity index (χ1) is 7.58. The molecule has 2 unspecified atom stereocenters. The van der Waals surface area contributed by atoms with Crippen molar-refractivity contribution in [2.45, 2.75) is 52.2 Å². The maximum absolute atomic E-state index is 6.11. The summed E-state index contributed by atoms with van der Waals surface area (Å²) in [6.07, 6.45) is 3.49. The molecular weight excluding hydrogens is 198 g/mol. The van der Waals surface area contributed by atoms with Gasteiger partial charge in [-0.1, -0.05) is 12.1 Å². The van der Waals surface area contributed by atoms with E-state index in [0.29, 0.717) is 12.1 Å². The van der Waals surface area contributed by atoms with Gasteiger partial charge in [0.2, 0.25) is 0 Å². The summed E-state index contributed by atoms with van der Waals surface area (Å²) in [4.78, 5) is 0. The van der Waals surface area contributed by atoms with Crippen molar-refractivity contribution in [2.75, 3.05) is 0 Å². The molecule has 1 aromatic rings. The van der Waals surface area contributed by atoms with Crippen LogP contribution in [0.5, 0.6) is 5.75 Å². The minimum absolute atomic E-state index is 0.314. The van der Waals surface area contributed by atoms with Gasteiger partial charge in [0.05, 0.1) is 0 Å². The molecule has 2 heteroatoms. The standard InChI is InChI=1S/C14H21NO/c1-9-4-5-10(2)14(11(9)3)16-13-7-6-12(15)8-13/h4-5,12-13H,6-8,15H2,1-3H3. The number of aryl methyl sites for hydroxylation is 2. The van der Waals surface area contributed by atoms with Crippen molar-refractivity contribution in [3.05, 3.63) is 28.8 Å². The van der Waals surface area contributed by atoms with Gasteiger partial charge in [0.1, 0.15) is 11.9 Å². The number of hydrogen-bond donors (Lipinski definition) is 1. The highest BCUT2D eigenvalue weighted by atomic mass is 16.5. The maximum atomic E-state index is 6.11. The molecule has 16 heavy (non-hydrogen) atoms. The average molecular weight is 219 g/mol. The molecule has 0 amide bonds. The Morgan fingerprint density at radius 3 is 2.44 bits per heavy atom. The summed E-state index contributed by atoms with van der Waals surface area (Å²) >= 11 is 0. The van der Waals surface area contributed by atoms with Crippen molar-refractivity contribution in [1.29, 1.82) is 0 Å². The van der Waals surface area contributed by atoms with Crippen LogP contribution in [-0.2, 0) is 0 Å². The Labute approximate surface area is 97.8 Å². The molecule has 88 valence electrons. The zero-order chi connectivity index (χ0) is 11.7. The predicted molar refractivity (Wildman–Crippen MR) is 66.9 cm³/mol. The zero-order valence-electron chi connectivity index (χ0n) is 10.4. The molecule has 0 saturated heterocycles. The SMILES string of the molecule is Cc1ccc(C)c(OC2CCC(N)C2)c1C. The Bertz CT molecular complexity index is 387. The van der Waals surface area contributed by atoms with Gasteiger partial charge >= 0.3 is 0 Å². The van der Waals surface area contributed by atoms with Crippen LogP contribution in [0.3, 0.4) is 0 Å². The van der Waals surface area contributed by atoms with Crippen molar-refractivity contribution in [2.24, 2.45) is 5.73 Å². The zero-order valence-corrected chi connectivity index (χ0v) is 10.4. The molecule has 0 bridgehead atoms. The molecule has 2 rings (SSSR count). The third kappa shape index (κ3) is 2.22. The molecule has 1 aliphatic rings. The molecule has 0 spiro atoms. The van der Waals surface area contributed by atoms with E-state index in [-0.39, 0.29) is 0 Å². The van der Waals surface area contributed by atoms with Crippen molar-refractivity contribution in [1.82, 2.24) is 0 Å². The van der Waals surface area contributed by atoms with Crippen LogP contribution in [0.1, 0.15) is 36.0 Å². The smallest absolute Gasteiger partial charge is 0.125 e. The van der Waals surface area contributed by atoms with E-state index in [1.54, 1.807) is 0 Å². The fourth-order valence-electron chi connectivity index (χ4n) is 2.35. The van der Waals surface area contributed by atoms with Gasteiger partial charge in [-0.15, -0.1) is 0 Å². The lowest BCUT2D eigenvalue weighted by molar-refractivity contribution is 0.205. The number of benzene rings is 1. The van der Waals surface area contributed by atoms with E-state index in [0.717, 1.165) is 25.0 Å². The molecule has 1 aliphatic carbocycles. The van der Waals surface area contributed by atoms with Crippen LogP contribution in [-0.4, -0.2) is 12.1 Å². The minimum Gasteiger partial charge on any atom is -0.490 e. The molecule has 0 aliphatic heterocycles.